The normalized spacial score (nSPS) is 11.2. The summed E-state index contributed by atoms with van der Waals surface area (Å²) in [4.78, 5) is 0. The number of benzene rings is 2. The van der Waals surface area contributed by atoms with Crippen LogP contribution in [0, 0.1) is 5.82 Å². The first-order valence-corrected chi connectivity index (χ1v) is 9.54. The monoisotopic (exact) mass is 362 g/mol. The largest absolute Gasteiger partial charge is 0.381 e. The lowest BCUT2D eigenvalue weighted by atomic mass is 10.2. The summed E-state index contributed by atoms with van der Waals surface area (Å²) in [6, 6.07) is 16.6. The van der Waals surface area contributed by atoms with Crippen LogP contribution in [0.1, 0.15) is 5.56 Å². The van der Waals surface area contributed by atoms with Crippen LogP contribution in [0.5, 0.6) is 0 Å². The second-order valence-corrected chi connectivity index (χ2v) is 7.92. The zero-order chi connectivity index (χ0) is 17.0. The molecule has 2 aromatic carbocycles. The number of thiophene rings is 1. The first kappa shape index (κ1) is 16.5. The third-order valence-corrected chi connectivity index (χ3v) is 6.12. The summed E-state index contributed by atoms with van der Waals surface area (Å²) in [6.45, 7) is 0.354. The number of nitrogens with one attached hydrogen (secondary N) is 2. The number of hydrogen-bond donors (Lipinski definition) is 2. The molecule has 0 amide bonds. The molecule has 1 heterocycles. The Bertz CT molecular complexity index is 908. The third kappa shape index (κ3) is 3.93. The molecule has 0 fully saturated rings. The lowest BCUT2D eigenvalue weighted by Crippen LogP contribution is -2.11. The highest BCUT2D eigenvalue weighted by Gasteiger charge is 2.14. The van der Waals surface area contributed by atoms with Crippen LogP contribution >= 0.6 is 11.3 Å². The smallest absolute Gasteiger partial charge is 0.271 e. The van der Waals surface area contributed by atoms with Gasteiger partial charge in [-0.15, -0.1) is 11.3 Å². The highest BCUT2D eigenvalue weighted by Crippen LogP contribution is 2.21. The van der Waals surface area contributed by atoms with E-state index >= 15 is 0 Å². The van der Waals surface area contributed by atoms with Gasteiger partial charge in [-0.1, -0.05) is 24.3 Å². The van der Waals surface area contributed by atoms with Crippen molar-refractivity contribution in [2.45, 2.75) is 10.8 Å². The first-order valence-electron chi connectivity index (χ1n) is 7.18. The molecular formula is C17H15FN2O2S2. The molecule has 0 aliphatic carbocycles. The molecule has 0 saturated heterocycles. The fraction of sp³-hybridized carbons (Fsp3) is 0.0588. The summed E-state index contributed by atoms with van der Waals surface area (Å²) in [5.74, 6) is -0.259. The highest BCUT2D eigenvalue weighted by molar-refractivity contribution is 7.94. The molecule has 0 aliphatic rings. The number of halogens is 1. The van der Waals surface area contributed by atoms with E-state index in [0.29, 0.717) is 17.8 Å². The van der Waals surface area contributed by atoms with Crippen LogP contribution in [0.25, 0.3) is 0 Å². The number of anilines is 2. The van der Waals surface area contributed by atoms with E-state index in [1.54, 1.807) is 60.0 Å². The molecule has 0 atom stereocenters. The Balaban J connectivity index is 1.65. The van der Waals surface area contributed by atoms with Gasteiger partial charge >= 0.3 is 0 Å². The van der Waals surface area contributed by atoms with Crippen LogP contribution in [0.2, 0.25) is 0 Å². The van der Waals surface area contributed by atoms with Crippen molar-refractivity contribution in [3.8, 4) is 0 Å². The van der Waals surface area contributed by atoms with Gasteiger partial charge in [-0.25, -0.2) is 12.8 Å². The van der Waals surface area contributed by atoms with Crippen LogP contribution in [0.15, 0.2) is 70.3 Å². The van der Waals surface area contributed by atoms with Gasteiger partial charge in [0.2, 0.25) is 0 Å². The first-order chi connectivity index (χ1) is 11.5. The number of rotatable bonds is 6. The van der Waals surface area contributed by atoms with Gasteiger partial charge in [0.15, 0.2) is 0 Å². The van der Waals surface area contributed by atoms with Crippen molar-refractivity contribution in [1.82, 2.24) is 0 Å². The van der Waals surface area contributed by atoms with E-state index in [1.807, 2.05) is 0 Å². The third-order valence-electron chi connectivity index (χ3n) is 3.34. The minimum atomic E-state index is -3.55. The average molecular weight is 362 g/mol. The van der Waals surface area contributed by atoms with Crippen LogP contribution in [0.3, 0.4) is 0 Å². The molecule has 0 saturated carbocycles. The Morgan fingerprint density at radius 3 is 2.29 bits per heavy atom. The topological polar surface area (TPSA) is 58.2 Å². The quantitative estimate of drug-likeness (QED) is 0.687. The van der Waals surface area contributed by atoms with E-state index in [2.05, 4.69) is 10.0 Å². The predicted molar refractivity (Wildman–Crippen MR) is 95.3 cm³/mol. The number of sulfonamides is 1. The van der Waals surface area contributed by atoms with Gasteiger partial charge in [0, 0.05) is 23.5 Å². The molecule has 0 bridgehead atoms. The van der Waals surface area contributed by atoms with Gasteiger partial charge in [0.05, 0.1) is 0 Å². The molecule has 7 heteroatoms. The van der Waals surface area contributed by atoms with Crippen molar-refractivity contribution >= 4 is 32.7 Å². The lowest BCUT2D eigenvalue weighted by Gasteiger charge is -2.10. The minimum Gasteiger partial charge on any atom is -0.381 e. The Hall–Kier alpha value is -2.38. The zero-order valence-corrected chi connectivity index (χ0v) is 14.2. The molecule has 0 radical (unpaired) electrons. The van der Waals surface area contributed by atoms with Crippen molar-refractivity contribution in [3.63, 3.8) is 0 Å². The molecule has 24 heavy (non-hydrogen) atoms. The maximum Gasteiger partial charge on any atom is 0.271 e. The van der Waals surface area contributed by atoms with E-state index in [-0.39, 0.29) is 10.0 Å². The van der Waals surface area contributed by atoms with E-state index in [1.165, 1.54) is 6.07 Å². The Morgan fingerprint density at radius 1 is 0.917 bits per heavy atom. The Labute approximate surface area is 144 Å². The molecule has 0 aliphatic heterocycles. The summed E-state index contributed by atoms with van der Waals surface area (Å²) in [6.07, 6.45) is 0. The number of hydrogen-bond acceptors (Lipinski definition) is 4. The van der Waals surface area contributed by atoms with Gasteiger partial charge < -0.3 is 5.32 Å². The molecule has 3 rings (SSSR count). The van der Waals surface area contributed by atoms with E-state index in [9.17, 15) is 12.8 Å². The zero-order valence-electron chi connectivity index (χ0n) is 12.6. The van der Waals surface area contributed by atoms with Crippen LogP contribution < -0.4 is 10.0 Å². The average Bonchev–Trinajstić information content (AvgIpc) is 3.11. The molecule has 3 aromatic rings. The standard InChI is InChI=1S/C17H15FN2O2S2/c18-16-5-2-1-4-13(16)12-19-14-7-9-15(10-8-14)20-24(21,22)17-6-3-11-23-17/h1-11,19-20H,12H2. The van der Waals surface area contributed by atoms with Crippen molar-refractivity contribution in [1.29, 1.82) is 0 Å². The van der Waals surface area contributed by atoms with E-state index in [0.717, 1.165) is 17.0 Å². The molecular weight excluding hydrogens is 347 g/mol. The Kier molecular flexibility index (Phi) is 4.82. The Morgan fingerprint density at radius 2 is 1.62 bits per heavy atom. The van der Waals surface area contributed by atoms with Crippen LogP contribution in [-0.2, 0) is 16.6 Å². The fourth-order valence-electron chi connectivity index (χ4n) is 2.12. The van der Waals surface area contributed by atoms with Crippen molar-refractivity contribution < 1.29 is 12.8 Å². The van der Waals surface area contributed by atoms with Gasteiger partial charge in [0.25, 0.3) is 10.0 Å². The molecule has 1 aromatic heterocycles. The lowest BCUT2D eigenvalue weighted by molar-refractivity contribution is 0.603. The van der Waals surface area contributed by atoms with Crippen molar-refractivity contribution in [2.75, 3.05) is 10.0 Å². The van der Waals surface area contributed by atoms with Crippen LogP contribution in [-0.4, -0.2) is 8.42 Å². The summed E-state index contributed by atoms with van der Waals surface area (Å²) in [5.41, 5.74) is 1.82. The van der Waals surface area contributed by atoms with Gasteiger partial charge in [-0.2, -0.15) is 0 Å². The minimum absolute atomic E-state index is 0.259. The predicted octanol–water partition coefficient (Wildman–Crippen LogP) is 4.30. The van der Waals surface area contributed by atoms with E-state index < -0.39 is 10.0 Å². The second kappa shape index (κ2) is 7.02. The highest BCUT2D eigenvalue weighted by atomic mass is 32.2. The van der Waals surface area contributed by atoms with Crippen molar-refractivity contribution in [2.24, 2.45) is 0 Å². The second-order valence-electron chi connectivity index (χ2n) is 5.06. The summed E-state index contributed by atoms with van der Waals surface area (Å²) in [5, 5.41) is 4.82. The van der Waals surface area contributed by atoms with Crippen LogP contribution in [0.4, 0.5) is 15.8 Å². The molecule has 124 valence electrons. The molecule has 0 unspecified atom stereocenters. The van der Waals surface area contributed by atoms with Crippen molar-refractivity contribution in [3.05, 3.63) is 77.4 Å². The van der Waals surface area contributed by atoms with Gasteiger partial charge in [0.1, 0.15) is 10.0 Å². The molecule has 2 N–H and O–H groups in total. The maximum atomic E-state index is 13.6. The maximum absolute atomic E-state index is 13.6. The van der Waals surface area contributed by atoms with Gasteiger partial charge in [-0.3, -0.25) is 4.72 Å². The SMILES string of the molecule is O=S(=O)(Nc1ccc(NCc2ccccc2F)cc1)c1cccs1. The summed E-state index contributed by atoms with van der Waals surface area (Å²) in [7, 11) is -3.55. The molecule has 0 spiro atoms. The summed E-state index contributed by atoms with van der Waals surface area (Å²) < 4.78 is 40.6. The summed E-state index contributed by atoms with van der Waals surface area (Å²) >= 11 is 1.16. The van der Waals surface area contributed by atoms with Gasteiger partial charge in [-0.05, 0) is 41.8 Å². The molecule has 4 nitrogen and oxygen atoms in total. The fourth-order valence-corrected chi connectivity index (χ4v) is 4.17. The van der Waals surface area contributed by atoms with E-state index in [4.69, 9.17) is 0 Å².